The number of thiophene rings is 1. The maximum absolute atomic E-state index is 12.5. The van der Waals surface area contributed by atoms with E-state index in [9.17, 15) is 4.79 Å². The first-order chi connectivity index (χ1) is 12.5. The van der Waals surface area contributed by atoms with E-state index in [0.29, 0.717) is 5.75 Å². The summed E-state index contributed by atoms with van der Waals surface area (Å²) in [6, 6.07) is 4.19. The van der Waals surface area contributed by atoms with Crippen LogP contribution < -0.4 is 5.32 Å². The highest BCUT2D eigenvalue weighted by Crippen LogP contribution is 2.40. The highest BCUT2D eigenvalue weighted by Gasteiger charge is 2.21. The Bertz CT molecular complexity index is 987. The summed E-state index contributed by atoms with van der Waals surface area (Å²) in [7, 11) is 0. The van der Waals surface area contributed by atoms with Crippen molar-refractivity contribution in [3.63, 3.8) is 0 Å². The van der Waals surface area contributed by atoms with Crippen LogP contribution in [0.25, 0.3) is 10.2 Å². The number of hydrogen-bond acceptors (Lipinski definition) is 5. The van der Waals surface area contributed by atoms with Gasteiger partial charge in [0, 0.05) is 16.0 Å². The van der Waals surface area contributed by atoms with Crippen LogP contribution in [0.4, 0.5) is 5.69 Å². The number of anilines is 1. The number of rotatable bonds is 4. The molecule has 0 saturated carbocycles. The molecule has 1 amide bonds. The van der Waals surface area contributed by atoms with Gasteiger partial charge in [0.25, 0.3) is 0 Å². The molecule has 0 atom stereocenters. The lowest BCUT2D eigenvalue weighted by atomic mass is 10.1. The highest BCUT2D eigenvalue weighted by molar-refractivity contribution is 8.00. The van der Waals surface area contributed by atoms with E-state index in [1.807, 2.05) is 13.8 Å². The zero-order valence-electron chi connectivity index (χ0n) is 15.2. The third kappa shape index (κ3) is 3.23. The van der Waals surface area contributed by atoms with Crippen LogP contribution in [-0.2, 0) is 17.6 Å². The summed E-state index contributed by atoms with van der Waals surface area (Å²) < 4.78 is 0. The first-order valence-electron chi connectivity index (χ1n) is 8.78. The first-order valence-corrected chi connectivity index (χ1v) is 10.6. The van der Waals surface area contributed by atoms with Crippen LogP contribution in [-0.4, -0.2) is 21.6 Å². The second-order valence-corrected chi connectivity index (χ2v) is 8.87. The van der Waals surface area contributed by atoms with Crippen LogP contribution in [0.5, 0.6) is 0 Å². The minimum Gasteiger partial charge on any atom is -0.325 e. The number of thioether (sulfide) groups is 1. The number of nitrogens with one attached hydrogen (secondary N) is 1. The molecule has 26 heavy (non-hydrogen) atoms. The quantitative estimate of drug-likeness (QED) is 0.517. The molecule has 6 heteroatoms. The van der Waals surface area contributed by atoms with Crippen molar-refractivity contribution in [2.45, 2.75) is 45.1 Å². The Balaban J connectivity index is 1.51. The van der Waals surface area contributed by atoms with E-state index in [1.165, 1.54) is 39.6 Å². The summed E-state index contributed by atoms with van der Waals surface area (Å²) in [5.74, 6) is 0.354. The van der Waals surface area contributed by atoms with Gasteiger partial charge in [-0.05, 0) is 56.7 Å². The Morgan fingerprint density at radius 2 is 1.96 bits per heavy atom. The van der Waals surface area contributed by atoms with Gasteiger partial charge in [-0.25, -0.2) is 9.97 Å². The minimum absolute atomic E-state index is 0.00342. The van der Waals surface area contributed by atoms with Crippen molar-refractivity contribution in [3.05, 3.63) is 45.6 Å². The van der Waals surface area contributed by atoms with E-state index in [-0.39, 0.29) is 5.91 Å². The van der Waals surface area contributed by atoms with E-state index >= 15 is 0 Å². The molecular weight excluding hydrogens is 362 g/mol. The van der Waals surface area contributed by atoms with Crippen molar-refractivity contribution >= 4 is 44.9 Å². The largest absolute Gasteiger partial charge is 0.325 e. The summed E-state index contributed by atoms with van der Waals surface area (Å²) >= 11 is 3.28. The van der Waals surface area contributed by atoms with Crippen molar-refractivity contribution in [1.82, 2.24) is 9.97 Å². The lowest BCUT2D eigenvalue weighted by Crippen LogP contribution is -2.16. The van der Waals surface area contributed by atoms with Crippen LogP contribution in [0, 0.1) is 20.8 Å². The molecule has 0 fully saturated rings. The third-order valence-electron chi connectivity index (χ3n) is 4.75. The van der Waals surface area contributed by atoms with E-state index in [0.717, 1.165) is 39.5 Å². The third-order valence-corrected chi connectivity index (χ3v) is 6.94. The van der Waals surface area contributed by atoms with E-state index in [1.54, 1.807) is 17.7 Å². The maximum atomic E-state index is 12.5. The fraction of sp³-hybridized carbons (Fsp3) is 0.350. The fourth-order valence-electron chi connectivity index (χ4n) is 3.70. The average molecular weight is 384 g/mol. The number of aryl methyl sites for hydroxylation is 5. The van der Waals surface area contributed by atoms with Gasteiger partial charge in [-0.2, -0.15) is 0 Å². The van der Waals surface area contributed by atoms with Crippen molar-refractivity contribution in [2.24, 2.45) is 0 Å². The van der Waals surface area contributed by atoms with Gasteiger partial charge in [0.1, 0.15) is 16.2 Å². The molecule has 1 aromatic carbocycles. The molecule has 134 valence electrons. The predicted molar refractivity (Wildman–Crippen MR) is 109 cm³/mol. The van der Waals surface area contributed by atoms with E-state index in [4.69, 9.17) is 0 Å². The monoisotopic (exact) mass is 383 g/mol. The first kappa shape index (κ1) is 17.5. The Kier molecular flexibility index (Phi) is 4.71. The van der Waals surface area contributed by atoms with Crippen molar-refractivity contribution < 1.29 is 4.79 Å². The number of aromatic nitrogens is 2. The molecule has 0 radical (unpaired) electrons. The molecule has 3 aromatic rings. The Hall–Kier alpha value is -1.92. The Morgan fingerprint density at radius 3 is 2.73 bits per heavy atom. The van der Waals surface area contributed by atoms with Crippen molar-refractivity contribution in [2.75, 3.05) is 11.1 Å². The fourth-order valence-corrected chi connectivity index (χ4v) is 5.82. The number of carbonyl (C=O) groups excluding carboxylic acids is 1. The molecule has 1 aliphatic carbocycles. The second kappa shape index (κ2) is 7.00. The smallest absolute Gasteiger partial charge is 0.234 e. The normalized spacial score (nSPS) is 13.2. The molecular formula is C20H21N3OS2. The molecule has 2 aromatic heterocycles. The molecule has 4 nitrogen and oxygen atoms in total. The number of fused-ring (bicyclic) bond motifs is 3. The van der Waals surface area contributed by atoms with Crippen LogP contribution in [0.15, 0.2) is 23.5 Å². The van der Waals surface area contributed by atoms with Gasteiger partial charge in [0.05, 0.1) is 5.75 Å². The number of hydrogen-bond donors (Lipinski definition) is 1. The molecule has 0 aliphatic heterocycles. The topological polar surface area (TPSA) is 54.9 Å². The Morgan fingerprint density at radius 1 is 1.19 bits per heavy atom. The Labute approximate surface area is 161 Å². The highest BCUT2D eigenvalue weighted by atomic mass is 32.2. The van der Waals surface area contributed by atoms with Gasteiger partial charge in [-0.3, -0.25) is 4.79 Å². The SMILES string of the molecule is Cc1cc(C)c(NC(=O)CSc2ncnc3sc4c(c23)CCC4)c(C)c1. The molecule has 1 aliphatic rings. The summed E-state index contributed by atoms with van der Waals surface area (Å²) in [6.45, 7) is 6.14. The number of benzene rings is 1. The summed E-state index contributed by atoms with van der Waals surface area (Å²) in [6.07, 6.45) is 5.07. The lowest BCUT2D eigenvalue weighted by molar-refractivity contribution is -0.113. The van der Waals surface area contributed by atoms with E-state index in [2.05, 4.69) is 34.3 Å². The maximum Gasteiger partial charge on any atom is 0.234 e. The van der Waals surface area contributed by atoms with Gasteiger partial charge in [-0.15, -0.1) is 11.3 Å². The van der Waals surface area contributed by atoms with Gasteiger partial charge in [0.15, 0.2) is 0 Å². The molecule has 2 heterocycles. The van der Waals surface area contributed by atoms with Crippen LogP contribution in [0.1, 0.15) is 33.6 Å². The summed E-state index contributed by atoms with van der Waals surface area (Å²) in [5.41, 5.74) is 5.73. The summed E-state index contributed by atoms with van der Waals surface area (Å²) in [5, 5.41) is 5.17. The number of carbonyl (C=O) groups is 1. The zero-order chi connectivity index (χ0) is 18.3. The zero-order valence-corrected chi connectivity index (χ0v) is 16.8. The molecule has 0 unspecified atom stereocenters. The van der Waals surface area contributed by atoms with Crippen LogP contribution in [0.3, 0.4) is 0 Å². The van der Waals surface area contributed by atoms with Gasteiger partial charge in [0.2, 0.25) is 5.91 Å². The minimum atomic E-state index is 0.00342. The molecule has 0 spiro atoms. The molecule has 0 saturated heterocycles. The number of amides is 1. The van der Waals surface area contributed by atoms with Crippen LogP contribution >= 0.6 is 23.1 Å². The predicted octanol–water partition coefficient (Wildman–Crippen LogP) is 4.84. The average Bonchev–Trinajstić information content (AvgIpc) is 3.17. The lowest BCUT2D eigenvalue weighted by Gasteiger charge is -2.12. The molecule has 0 bridgehead atoms. The molecule has 1 N–H and O–H groups in total. The standard InChI is InChI=1S/C20H21N3OS2/c1-11-7-12(2)18(13(3)8-11)23-16(24)9-25-19-17-14-5-4-6-15(14)26-20(17)22-10-21-19/h7-8,10H,4-6,9H2,1-3H3,(H,23,24). The van der Waals surface area contributed by atoms with Gasteiger partial charge < -0.3 is 5.32 Å². The second-order valence-electron chi connectivity index (χ2n) is 6.83. The summed E-state index contributed by atoms with van der Waals surface area (Å²) in [4.78, 5) is 23.9. The van der Waals surface area contributed by atoms with Gasteiger partial charge in [-0.1, -0.05) is 29.5 Å². The number of nitrogens with zero attached hydrogens (tertiary/aromatic N) is 2. The van der Waals surface area contributed by atoms with E-state index < -0.39 is 0 Å². The van der Waals surface area contributed by atoms with Gasteiger partial charge >= 0.3 is 0 Å². The van der Waals surface area contributed by atoms with Crippen LogP contribution in [0.2, 0.25) is 0 Å². The van der Waals surface area contributed by atoms with Crippen molar-refractivity contribution in [1.29, 1.82) is 0 Å². The molecule has 4 rings (SSSR count). The van der Waals surface area contributed by atoms with Crippen molar-refractivity contribution in [3.8, 4) is 0 Å².